The molecule has 2 N–H and O–H groups in total. The maximum atomic E-state index is 11.0. The molecule has 0 bridgehead atoms. The van der Waals surface area contributed by atoms with Gasteiger partial charge in [0.05, 0.1) is 7.11 Å². The molecule has 0 atom stereocenters. The number of nitrogens with one attached hydrogen (secondary N) is 2. The second-order valence-corrected chi connectivity index (χ2v) is 3.01. The number of amides is 2. The zero-order valence-electron chi connectivity index (χ0n) is 6.09. The van der Waals surface area contributed by atoms with Crippen molar-refractivity contribution < 1.29 is 9.53 Å². The van der Waals surface area contributed by atoms with Crippen LogP contribution in [-0.2, 0) is 4.74 Å². The summed E-state index contributed by atoms with van der Waals surface area (Å²) in [6, 6.07) is -0.504. The van der Waals surface area contributed by atoms with Gasteiger partial charge in [0.15, 0.2) is 0 Å². The Balaban J connectivity index is 2.25. The lowest BCUT2D eigenvalue weighted by Gasteiger charge is -2.28. The minimum Gasteiger partial charge on any atom is -0.468 e. The van der Waals surface area contributed by atoms with E-state index in [9.17, 15) is 4.79 Å². The number of rotatable bonds is 0. The van der Waals surface area contributed by atoms with Crippen molar-refractivity contribution in [3.8, 4) is 0 Å². The van der Waals surface area contributed by atoms with E-state index in [4.69, 9.17) is 5.41 Å². The van der Waals surface area contributed by atoms with Crippen molar-refractivity contribution in [3.63, 3.8) is 0 Å². The van der Waals surface area contributed by atoms with Crippen LogP contribution in [0.3, 0.4) is 0 Å². The van der Waals surface area contributed by atoms with Crippen LogP contribution >= 0.6 is 11.9 Å². The topological polar surface area (TPSA) is 65.4 Å². The van der Waals surface area contributed by atoms with E-state index in [-0.39, 0.29) is 12.1 Å². The standard InChI is InChI=1S/C5H9N3O2S/c1-10-4(6)7-5(9)8-2-3-11-8/h2-3H2,1H3,(H2,6,7,9). The summed E-state index contributed by atoms with van der Waals surface area (Å²) in [6.45, 7) is 0.744. The maximum Gasteiger partial charge on any atom is 0.335 e. The lowest BCUT2D eigenvalue weighted by Crippen LogP contribution is -2.45. The van der Waals surface area contributed by atoms with Crippen molar-refractivity contribution >= 4 is 24.0 Å². The summed E-state index contributed by atoms with van der Waals surface area (Å²) in [5.74, 6) is 0.966. The van der Waals surface area contributed by atoms with Gasteiger partial charge in [-0.1, -0.05) is 0 Å². The minimum atomic E-state index is -0.284. The number of urea groups is 1. The molecule has 1 saturated heterocycles. The fourth-order valence-corrected chi connectivity index (χ4v) is 1.08. The maximum absolute atomic E-state index is 11.0. The van der Waals surface area contributed by atoms with Crippen LogP contribution < -0.4 is 5.32 Å². The van der Waals surface area contributed by atoms with E-state index in [1.165, 1.54) is 23.4 Å². The average Bonchev–Trinajstić information content (AvgIpc) is 1.83. The quantitative estimate of drug-likeness (QED) is 0.315. The minimum absolute atomic E-state index is 0.220. The first-order valence-corrected chi connectivity index (χ1v) is 4.02. The highest BCUT2D eigenvalue weighted by Gasteiger charge is 2.22. The number of hydrogen-bond acceptors (Lipinski definition) is 4. The van der Waals surface area contributed by atoms with Crippen molar-refractivity contribution in [3.05, 3.63) is 0 Å². The van der Waals surface area contributed by atoms with Crippen molar-refractivity contribution in [2.75, 3.05) is 19.4 Å². The molecule has 0 aromatic heterocycles. The second kappa shape index (κ2) is 3.47. The lowest BCUT2D eigenvalue weighted by molar-refractivity contribution is 0.226. The van der Waals surface area contributed by atoms with Crippen LogP contribution in [0.1, 0.15) is 0 Å². The van der Waals surface area contributed by atoms with E-state index in [0.717, 1.165) is 12.3 Å². The molecule has 1 rings (SSSR count). The van der Waals surface area contributed by atoms with Gasteiger partial charge < -0.3 is 4.74 Å². The summed E-state index contributed by atoms with van der Waals surface area (Å²) < 4.78 is 5.99. The van der Waals surface area contributed by atoms with Gasteiger partial charge in [-0.2, -0.15) is 0 Å². The Morgan fingerprint density at radius 1 is 1.82 bits per heavy atom. The van der Waals surface area contributed by atoms with Crippen LogP contribution in [0.15, 0.2) is 0 Å². The van der Waals surface area contributed by atoms with Gasteiger partial charge in [0.1, 0.15) is 0 Å². The smallest absolute Gasteiger partial charge is 0.335 e. The molecule has 1 heterocycles. The summed E-state index contributed by atoms with van der Waals surface area (Å²) in [5.41, 5.74) is 0. The predicted octanol–water partition coefficient (Wildman–Crippen LogP) is 0.241. The molecule has 0 aromatic rings. The molecule has 2 amide bonds. The molecule has 0 aliphatic carbocycles. The number of carbonyl (C=O) groups excluding carboxylic acids is 1. The number of amidine groups is 1. The third-order valence-electron chi connectivity index (χ3n) is 1.19. The molecule has 1 aliphatic heterocycles. The first-order chi connectivity index (χ1) is 5.24. The zero-order chi connectivity index (χ0) is 8.27. The number of hydrogen-bond donors (Lipinski definition) is 2. The summed E-state index contributed by atoms with van der Waals surface area (Å²) >= 11 is 1.43. The first kappa shape index (κ1) is 8.19. The Kier molecular flexibility index (Phi) is 2.58. The molecule has 0 unspecified atom stereocenters. The number of nitrogens with zero attached hydrogens (tertiary/aromatic N) is 1. The molecule has 5 nitrogen and oxygen atoms in total. The van der Waals surface area contributed by atoms with Crippen LogP contribution in [0.5, 0.6) is 0 Å². The molecular weight excluding hydrogens is 166 g/mol. The monoisotopic (exact) mass is 175 g/mol. The molecule has 6 heteroatoms. The Morgan fingerprint density at radius 3 is 2.82 bits per heavy atom. The Morgan fingerprint density at radius 2 is 2.45 bits per heavy atom. The van der Waals surface area contributed by atoms with E-state index in [0.29, 0.717) is 0 Å². The molecule has 0 radical (unpaired) electrons. The highest BCUT2D eigenvalue weighted by molar-refractivity contribution is 7.98. The summed E-state index contributed by atoms with van der Waals surface area (Å²) in [7, 11) is 1.34. The predicted molar refractivity (Wildman–Crippen MR) is 42.4 cm³/mol. The van der Waals surface area contributed by atoms with E-state index < -0.39 is 0 Å². The van der Waals surface area contributed by atoms with Crippen molar-refractivity contribution in [2.24, 2.45) is 0 Å². The van der Waals surface area contributed by atoms with E-state index in [2.05, 4.69) is 10.1 Å². The largest absolute Gasteiger partial charge is 0.468 e. The normalized spacial score (nSPS) is 15.2. The highest BCUT2D eigenvalue weighted by atomic mass is 32.2. The van der Waals surface area contributed by atoms with Gasteiger partial charge in [-0.15, -0.1) is 0 Å². The summed E-state index contributed by atoms with van der Waals surface area (Å²) in [5, 5.41) is 9.23. The van der Waals surface area contributed by atoms with Gasteiger partial charge in [-0.3, -0.25) is 15.0 Å². The average molecular weight is 175 g/mol. The third kappa shape index (κ3) is 2.01. The number of methoxy groups -OCH3 is 1. The molecule has 0 spiro atoms. The zero-order valence-corrected chi connectivity index (χ0v) is 6.90. The van der Waals surface area contributed by atoms with Crippen LogP contribution in [0.2, 0.25) is 0 Å². The molecule has 1 aliphatic rings. The van der Waals surface area contributed by atoms with Crippen LogP contribution in [0.4, 0.5) is 4.79 Å². The van der Waals surface area contributed by atoms with E-state index in [1.807, 2.05) is 0 Å². The van der Waals surface area contributed by atoms with Crippen LogP contribution in [-0.4, -0.2) is 35.8 Å². The van der Waals surface area contributed by atoms with E-state index in [1.54, 1.807) is 0 Å². The molecule has 11 heavy (non-hydrogen) atoms. The SMILES string of the molecule is COC(=N)NC(=O)N1CCS1. The molecule has 0 aromatic carbocycles. The number of carbonyl (C=O) groups is 1. The summed E-state index contributed by atoms with van der Waals surface area (Å²) in [4.78, 5) is 11.0. The first-order valence-electron chi connectivity index (χ1n) is 3.08. The lowest BCUT2D eigenvalue weighted by atomic mass is 10.7. The molecule has 1 fully saturated rings. The van der Waals surface area contributed by atoms with Crippen molar-refractivity contribution in [2.45, 2.75) is 0 Å². The van der Waals surface area contributed by atoms with Gasteiger partial charge >= 0.3 is 6.03 Å². The molecule has 0 saturated carbocycles. The Hall–Kier alpha value is -0.910. The van der Waals surface area contributed by atoms with Gasteiger partial charge in [0.2, 0.25) is 0 Å². The van der Waals surface area contributed by atoms with Crippen molar-refractivity contribution in [1.29, 1.82) is 5.41 Å². The fourth-order valence-electron chi connectivity index (χ4n) is 0.553. The third-order valence-corrected chi connectivity index (χ3v) is 2.22. The van der Waals surface area contributed by atoms with Gasteiger partial charge in [-0.05, 0) is 11.9 Å². The van der Waals surface area contributed by atoms with Gasteiger partial charge in [0.25, 0.3) is 6.02 Å². The fraction of sp³-hybridized carbons (Fsp3) is 0.600. The van der Waals surface area contributed by atoms with E-state index >= 15 is 0 Å². The van der Waals surface area contributed by atoms with Gasteiger partial charge in [0, 0.05) is 12.3 Å². The second-order valence-electron chi connectivity index (χ2n) is 1.90. The highest BCUT2D eigenvalue weighted by Crippen LogP contribution is 2.19. The van der Waals surface area contributed by atoms with Crippen LogP contribution in [0.25, 0.3) is 0 Å². The number of ether oxygens (including phenoxy) is 1. The van der Waals surface area contributed by atoms with Gasteiger partial charge in [-0.25, -0.2) is 4.79 Å². The Labute approximate surface area is 68.7 Å². The van der Waals surface area contributed by atoms with Crippen LogP contribution in [0, 0.1) is 5.41 Å². The Bertz CT molecular complexity index is 181. The summed E-state index contributed by atoms with van der Waals surface area (Å²) in [6.07, 6.45) is 0. The molecule has 62 valence electrons. The van der Waals surface area contributed by atoms with Crippen molar-refractivity contribution in [1.82, 2.24) is 9.62 Å². The molecular formula is C5H9N3O2S.